The van der Waals surface area contributed by atoms with Crippen LogP contribution in [0.2, 0.25) is 0 Å². The van der Waals surface area contributed by atoms with E-state index in [1.54, 1.807) is 6.20 Å². The number of rotatable bonds is 6. The van der Waals surface area contributed by atoms with Crippen molar-refractivity contribution >= 4 is 5.95 Å². The van der Waals surface area contributed by atoms with Gasteiger partial charge in [-0.1, -0.05) is 13.8 Å². The minimum atomic E-state index is -4.07. The number of alkyl halides is 3. The second-order valence-corrected chi connectivity index (χ2v) is 4.44. The summed E-state index contributed by atoms with van der Waals surface area (Å²) in [6.07, 6.45) is -1.29. The first-order valence-electron chi connectivity index (χ1n) is 5.70. The van der Waals surface area contributed by atoms with E-state index in [1.807, 2.05) is 10.8 Å². The van der Waals surface area contributed by atoms with Gasteiger partial charge in [0.25, 0.3) is 0 Å². The van der Waals surface area contributed by atoms with Crippen LogP contribution in [0.4, 0.5) is 19.1 Å². The monoisotopic (exact) mass is 249 g/mol. The SMILES string of the molecule is CC(C)Cn1ccnc1NCCCC(F)(F)F. The van der Waals surface area contributed by atoms with Crippen LogP contribution in [0.15, 0.2) is 12.4 Å². The van der Waals surface area contributed by atoms with Crippen molar-refractivity contribution in [3.8, 4) is 0 Å². The molecule has 0 aromatic carbocycles. The molecule has 0 saturated heterocycles. The molecule has 0 amide bonds. The van der Waals surface area contributed by atoms with Crippen LogP contribution < -0.4 is 5.32 Å². The summed E-state index contributed by atoms with van der Waals surface area (Å²) >= 11 is 0. The molecule has 0 unspecified atom stereocenters. The molecule has 0 radical (unpaired) electrons. The zero-order valence-electron chi connectivity index (χ0n) is 10.1. The van der Waals surface area contributed by atoms with Gasteiger partial charge in [-0.2, -0.15) is 13.2 Å². The van der Waals surface area contributed by atoms with E-state index in [0.29, 0.717) is 11.9 Å². The van der Waals surface area contributed by atoms with E-state index in [4.69, 9.17) is 0 Å². The lowest BCUT2D eigenvalue weighted by Crippen LogP contribution is -2.14. The van der Waals surface area contributed by atoms with Crippen LogP contribution in [0, 0.1) is 5.92 Å². The molecule has 1 aromatic rings. The molecule has 17 heavy (non-hydrogen) atoms. The highest BCUT2D eigenvalue weighted by molar-refractivity contribution is 5.25. The number of hydrogen-bond acceptors (Lipinski definition) is 2. The van der Waals surface area contributed by atoms with E-state index in [-0.39, 0.29) is 13.0 Å². The lowest BCUT2D eigenvalue weighted by atomic mass is 10.2. The van der Waals surface area contributed by atoms with Gasteiger partial charge in [-0.05, 0) is 12.3 Å². The van der Waals surface area contributed by atoms with E-state index in [2.05, 4.69) is 24.1 Å². The molecule has 0 aliphatic carbocycles. The van der Waals surface area contributed by atoms with Crippen LogP contribution in [0.25, 0.3) is 0 Å². The van der Waals surface area contributed by atoms with Crippen molar-refractivity contribution < 1.29 is 13.2 Å². The summed E-state index contributed by atoms with van der Waals surface area (Å²) in [5.41, 5.74) is 0. The molecule has 0 atom stereocenters. The Morgan fingerprint density at radius 3 is 2.71 bits per heavy atom. The lowest BCUT2D eigenvalue weighted by Gasteiger charge is -2.12. The standard InChI is InChI=1S/C11H18F3N3/c1-9(2)8-17-7-6-16-10(17)15-5-3-4-11(12,13)14/h6-7,9H,3-5,8H2,1-2H3,(H,15,16). The zero-order chi connectivity index (χ0) is 12.9. The number of imidazole rings is 1. The maximum atomic E-state index is 11.9. The maximum absolute atomic E-state index is 11.9. The molecular weight excluding hydrogens is 231 g/mol. The fourth-order valence-corrected chi connectivity index (χ4v) is 1.51. The Bertz CT molecular complexity index is 331. The summed E-state index contributed by atoms with van der Waals surface area (Å²) in [6, 6.07) is 0. The molecule has 0 saturated carbocycles. The van der Waals surface area contributed by atoms with Gasteiger partial charge >= 0.3 is 6.18 Å². The van der Waals surface area contributed by atoms with Gasteiger partial charge in [0.05, 0.1) is 0 Å². The topological polar surface area (TPSA) is 29.9 Å². The number of anilines is 1. The van der Waals surface area contributed by atoms with Crippen molar-refractivity contribution in [2.24, 2.45) is 5.92 Å². The summed E-state index contributed by atoms with van der Waals surface area (Å²) in [5.74, 6) is 1.11. The molecule has 0 aliphatic heterocycles. The third kappa shape index (κ3) is 5.60. The van der Waals surface area contributed by atoms with Gasteiger partial charge < -0.3 is 9.88 Å². The average Bonchev–Trinajstić information content (AvgIpc) is 2.58. The third-order valence-corrected chi connectivity index (χ3v) is 2.20. The Labute approximate surface area is 99.0 Å². The van der Waals surface area contributed by atoms with Gasteiger partial charge in [-0.15, -0.1) is 0 Å². The second-order valence-electron chi connectivity index (χ2n) is 4.44. The van der Waals surface area contributed by atoms with Gasteiger partial charge in [-0.25, -0.2) is 4.98 Å². The molecule has 6 heteroatoms. The van der Waals surface area contributed by atoms with Crippen LogP contribution in [0.1, 0.15) is 26.7 Å². The van der Waals surface area contributed by atoms with Crippen molar-refractivity contribution in [1.29, 1.82) is 0 Å². The molecule has 98 valence electrons. The number of aromatic nitrogens is 2. The summed E-state index contributed by atoms with van der Waals surface area (Å²) < 4.78 is 37.7. The molecule has 0 fully saturated rings. The van der Waals surface area contributed by atoms with E-state index in [9.17, 15) is 13.2 Å². The smallest absolute Gasteiger partial charge is 0.356 e. The Kier molecular flexibility index (Phi) is 4.84. The molecule has 1 rings (SSSR count). The Balaban J connectivity index is 2.34. The first kappa shape index (κ1) is 13.9. The molecule has 1 aromatic heterocycles. The number of nitrogens with zero attached hydrogens (tertiary/aromatic N) is 2. The van der Waals surface area contributed by atoms with Crippen LogP contribution in [0.5, 0.6) is 0 Å². The van der Waals surface area contributed by atoms with E-state index in [1.165, 1.54) is 0 Å². The Hall–Kier alpha value is -1.20. The van der Waals surface area contributed by atoms with Crippen molar-refractivity contribution in [1.82, 2.24) is 9.55 Å². The third-order valence-electron chi connectivity index (χ3n) is 2.20. The molecule has 0 aliphatic rings. The predicted molar refractivity (Wildman–Crippen MR) is 60.8 cm³/mol. The lowest BCUT2D eigenvalue weighted by molar-refractivity contribution is -0.134. The van der Waals surface area contributed by atoms with Crippen molar-refractivity contribution in [2.75, 3.05) is 11.9 Å². The van der Waals surface area contributed by atoms with Crippen LogP contribution in [-0.2, 0) is 6.54 Å². The predicted octanol–water partition coefficient (Wildman–Crippen LogP) is 3.29. The summed E-state index contributed by atoms with van der Waals surface area (Å²) in [5, 5.41) is 2.92. The van der Waals surface area contributed by atoms with Crippen molar-refractivity contribution in [3.63, 3.8) is 0 Å². The molecule has 1 heterocycles. The largest absolute Gasteiger partial charge is 0.389 e. The van der Waals surface area contributed by atoms with Crippen molar-refractivity contribution in [3.05, 3.63) is 12.4 Å². The molecule has 3 nitrogen and oxygen atoms in total. The Morgan fingerprint density at radius 2 is 2.12 bits per heavy atom. The van der Waals surface area contributed by atoms with E-state index in [0.717, 1.165) is 6.54 Å². The Morgan fingerprint density at radius 1 is 1.41 bits per heavy atom. The summed E-state index contributed by atoms with van der Waals surface area (Å²) in [4.78, 5) is 4.07. The van der Waals surface area contributed by atoms with Gasteiger partial charge in [0.2, 0.25) is 5.95 Å². The van der Waals surface area contributed by atoms with E-state index >= 15 is 0 Å². The second kappa shape index (κ2) is 5.93. The van der Waals surface area contributed by atoms with Gasteiger partial charge in [-0.3, -0.25) is 0 Å². The fraction of sp³-hybridized carbons (Fsp3) is 0.727. The van der Waals surface area contributed by atoms with Crippen LogP contribution in [0.3, 0.4) is 0 Å². The highest BCUT2D eigenvalue weighted by atomic mass is 19.4. The van der Waals surface area contributed by atoms with Crippen molar-refractivity contribution in [2.45, 2.75) is 39.4 Å². The molecule has 0 spiro atoms. The summed E-state index contributed by atoms with van der Waals surface area (Å²) in [7, 11) is 0. The highest BCUT2D eigenvalue weighted by Gasteiger charge is 2.25. The van der Waals surface area contributed by atoms with Gasteiger partial charge in [0.1, 0.15) is 0 Å². The zero-order valence-corrected chi connectivity index (χ0v) is 10.1. The molecule has 0 bridgehead atoms. The average molecular weight is 249 g/mol. The minimum absolute atomic E-state index is 0.0675. The fourth-order valence-electron chi connectivity index (χ4n) is 1.51. The number of halogens is 3. The normalized spacial score (nSPS) is 12.1. The first-order chi connectivity index (χ1) is 7.88. The van der Waals surface area contributed by atoms with E-state index < -0.39 is 12.6 Å². The van der Waals surface area contributed by atoms with Crippen LogP contribution in [-0.4, -0.2) is 22.3 Å². The van der Waals surface area contributed by atoms with Crippen LogP contribution >= 0.6 is 0 Å². The maximum Gasteiger partial charge on any atom is 0.389 e. The van der Waals surface area contributed by atoms with Gasteiger partial charge in [0.15, 0.2) is 0 Å². The first-order valence-corrected chi connectivity index (χ1v) is 5.70. The molecular formula is C11H18F3N3. The van der Waals surface area contributed by atoms with Gasteiger partial charge in [0, 0.05) is 31.9 Å². The molecule has 1 N–H and O–H groups in total. The number of nitrogens with one attached hydrogen (secondary N) is 1. The number of hydrogen-bond donors (Lipinski definition) is 1. The minimum Gasteiger partial charge on any atom is -0.356 e. The highest BCUT2D eigenvalue weighted by Crippen LogP contribution is 2.21. The summed E-state index contributed by atoms with van der Waals surface area (Å²) in [6.45, 7) is 5.25. The quantitative estimate of drug-likeness (QED) is 0.784.